The summed E-state index contributed by atoms with van der Waals surface area (Å²) in [5, 5.41) is 3.93. The van der Waals surface area contributed by atoms with Crippen LogP contribution in [0.1, 0.15) is 30.1 Å². The quantitative estimate of drug-likeness (QED) is 0.828. The highest BCUT2D eigenvalue weighted by Crippen LogP contribution is 2.19. The van der Waals surface area contributed by atoms with Gasteiger partial charge in [0.15, 0.2) is 5.82 Å². The van der Waals surface area contributed by atoms with Crippen LogP contribution in [-0.2, 0) is 12.8 Å². The topological polar surface area (TPSA) is 64.9 Å². The molecule has 1 aromatic heterocycles. The molecule has 0 aliphatic carbocycles. The van der Waals surface area contributed by atoms with Crippen LogP contribution in [0.4, 0.5) is 4.39 Å². The molecule has 0 radical (unpaired) electrons. The van der Waals surface area contributed by atoms with Crippen molar-refractivity contribution in [3.8, 4) is 0 Å². The zero-order chi connectivity index (χ0) is 13.7. The summed E-state index contributed by atoms with van der Waals surface area (Å²) in [5.74, 6) is 0.591. The van der Waals surface area contributed by atoms with Gasteiger partial charge in [-0.2, -0.15) is 4.98 Å². The summed E-state index contributed by atoms with van der Waals surface area (Å²) in [7, 11) is 0. The Labute approximate surface area is 115 Å². The van der Waals surface area contributed by atoms with E-state index in [1.165, 1.54) is 6.07 Å². The normalized spacial score (nSPS) is 10.9. The molecular formula is C13H15ClFN3O. The number of nitrogens with two attached hydrogens (primary N) is 1. The highest BCUT2D eigenvalue weighted by molar-refractivity contribution is 6.30. The first kappa shape index (κ1) is 14.0. The van der Waals surface area contributed by atoms with Gasteiger partial charge in [-0.25, -0.2) is 4.39 Å². The van der Waals surface area contributed by atoms with Gasteiger partial charge in [0.25, 0.3) is 0 Å². The maximum atomic E-state index is 13.7. The van der Waals surface area contributed by atoms with Gasteiger partial charge in [0.2, 0.25) is 5.89 Å². The van der Waals surface area contributed by atoms with Gasteiger partial charge in [-0.3, -0.25) is 0 Å². The van der Waals surface area contributed by atoms with Crippen LogP contribution in [0.2, 0.25) is 5.02 Å². The minimum atomic E-state index is -0.432. The second-order valence-electron chi connectivity index (χ2n) is 4.24. The Morgan fingerprint density at radius 2 is 2.16 bits per heavy atom. The largest absolute Gasteiger partial charge is 0.339 e. The highest BCUT2D eigenvalue weighted by atomic mass is 35.5. The Bertz CT molecular complexity index is 544. The van der Waals surface area contributed by atoms with Crippen LogP contribution in [0.15, 0.2) is 22.7 Å². The molecule has 2 N–H and O–H groups in total. The number of aromatic nitrogens is 2. The molecule has 1 aromatic carbocycles. The molecular weight excluding hydrogens is 269 g/mol. The SMILES string of the molecule is NCCCCc1nc(Cc2cccc(Cl)c2F)no1. The third kappa shape index (κ3) is 3.75. The number of hydrogen-bond acceptors (Lipinski definition) is 4. The molecule has 0 unspecified atom stereocenters. The summed E-state index contributed by atoms with van der Waals surface area (Å²) < 4.78 is 18.8. The lowest BCUT2D eigenvalue weighted by Crippen LogP contribution is -1.99. The average molecular weight is 284 g/mol. The molecule has 0 aliphatic rings. The first-order valence-electron chi connectivity index (χ1n) is 6.15. The second kappa shape index (κ2) is 6.63. The van der Waals surface area contributed by atoms with Crippen molar-refractivity contribution in [1.29, 1.82) is 0 Å². The van der Waals surface area contributed by atoms with Gasteiger partial charge < -0.3 is 10.3 Å². The van der Waals surface area contributed by atoms with Crippen molar-refractivity contribution in [2.75, 3.05) is 6.54 Å². The fraction of sp³-hybridized carbons (Fsp3) is 0.385. The third-order valence-corrected chi connectivity index (χ3v) is 3.03. The Morgan fingerprint density at radius 1 is 1.32 bits per heavy atom. The molecule has 2 rings (SSSR count). The summed E-state index contributed by atoms with van der Waals surface area (Å²) in [6.07, 6.45) is 2.79. The molecule has 0 aliphatic heterocycles. The number of hydrogen-bond donors (Lipinski definition) is 1. The smallest absolute Gasteiger partial charge is 0.226 e. The van der Waals surface area contributed by atoms with Crippen LogP contribution < -0.4 is 5.73 Å². The molecule has 19 heavy (non-hydrogen) atoms. The van der Waals surface area contributed by atoms with Gasteiger partial charge in [0, 0.05) is 12.8 Å². The number of unbranched alkanes of at least 4 members (excludes halogenated alkanes) is 1. The Kier molecular flexibility index (Phi) is 4.87. The Hall–Kier alpha value is -1.46. The number of aryl methyl sites for hydroxylation is 1. The van der Waals surface area contributed by atoms with Gasteiger partial charge in [0.1, 0.15) is 5.82 Å². The van der Waals surface area contributed by atoms with Crippen molar-refractivity contribution in [3.63, 3.8) is 0 Å². The zero-order valence-electron chi connectivity index (χ0n) is 10.4. The average Bonchev–Trinajstić information content (AvgIpc) is 2.83. The molecule has 0 saturated heterocycles. The van der Waals surface area contributed by atoms with E-state index >= 15 is 0 Å². The van der Waals surface area contributed by atoms with E-state index in [9.17, 15) is 4.39 Å². The van der Waals surface area contributed by atoms with Gasteiger partial charge in [-0.15, -0.1) is 0 Å². The predicted molar refractivity (Wildman–Crippen MR) is 70.5 cm³/mol. The van der Waals surface area contributed by atoms with E-state index in [0.717, 1.165) is 12.8 Å². The monoisotopic (exact) mass is 283 g/mol. The lowest BCUT2D eigenvalue weighted by molar-refractivity contribution is 0.370. The van der Waals surface area contributed by atoms with Gasteiger partial charge in [-0.1, -0.05) is 28.9 Å². The molecule has 0 amide bonds. The summed E-state index contributed by atoms with van der Waals surface area (Å²) in [4.78, 5) is 4.22. The van der Waals surface area contributed by atoms with Gasteiger partial charge in [-0.05, 0) is 31.0 Å². The molecule has 2 aromatic rings. The van der Waals surface area contributed by atoms with Crippen molar-refractivity contribution in [3.05, 3.63) is 46.3 Å². The van der Waals surface area contributed by atoms with Crippen LogP contribution in [-0.4, -0.2) is 16.7 Å². The van der Waals surface area contributed by atoms with Crippen molar-refractivity contribution >= 4 is 11.6 Å². The van der Waals surface area contributed by atoms with Crippen molar-refractivity contribution in [2.45, 2.75) is 25.7 Å². The fourth-order valence-electron chi connectivity index (χ4n) is 1.74. The van der Waals surface area contributed by atoms with E-state index in [-0.39, 0.29) is 11.4 Å². The van der Waals surface area contributed by atoms with Crippen molar-refractivity contribution in [1.82, 2.24) is 10.1 Å². The molecule has 6 heteroatoms. The third-order valence-electron chi connectivity index (χ3n) is 2.74. The number of rotatable bonds is 6. The predicted octanol–water partition coefficient (Wildman–Crippen LogP) is 2.73. The molecule has 0 fully saturated rings. The van der Waals surface area contributed by atoms with E-state index in [1.54, 1.807) is 12.1 Å². The number of nitrogens with zero attached hydrogens (tertiary/aromatic N) is 2. The maximum absolute atomic E-state index is 13.7. The van der Waals surface area contributed by atoms with Crippen LogP contribution >= 0.6 is 11.6 Å². The molecule has 0 saturated carbocycles. The van der Waals surface area contributed by atoms with E-state index in [2.05, 4.69) is 10.1 Å². The summed E-state index contributed by atoms with van der Waals surface area (Å²) in [5.41, 5.74) is 5.87. The van der Waals surface area contributed by atoms with Gasteiger partial charge in [0.05, 0.1) is 5.02 Å². The zero-order valence-corrected chi connectivity index (χ0v) is 11.2. The Balaban J connectivity index is 2.01. The maximum Gasteiger partial charge on any atom is 0.226 e. The molecule has 1 heterocycles. The highest BCUT2D eigenvalue weighted by Gasteiger charge is 2.11. The lowest BCUT2D eigenvalue weighted by Gasteiger charge is -2.00. The number of benzene rings is 1. The van der Waals surface area contributed by atoms with E-state index in [1.807, 2.05) is 0 Å². The van der Waals surface area contributed by atoms with E-state index in [0.29, 0.717) is 30.2 Å². The second-order valence-corrected chi connectivity index (χ2v) is 4.65. The van der Waals surface area contributed by atoms with Crippen LogP contribution in [0, 0.1) is 5.82 Å². The standard InChI is InChI=1S/C13H15ClFN3O/c14-10-5-3-4-9(13(10)15)8-11-17-12(19-18-11)6-1-2-7-16/h3-5H,1-2,6-8,16H2. The van der Waals surface area contributed by atoms with Gasteiger partial charge >= 0.3 is 0 Å². The lowest BCUT2D eigenvalue weighted by atomic mass is 10.1. The summed E-state index contributed by atoms with van der Waals surface area (Å²) in [6.45, 7) is 0.648. The van der Waals surface area contributed by atoms with E-state index < -0.39 is 5.82 Å². The Morgan fingerprint density at radius 3 is 2.95 bits per heavy atom. The van der Waals surface area contributed by atoms with Crippen molar-refractivity contribution < 1.29 is 8.91 Å². The fourth-order valence-corrected chi connectivity index (χ4v) is 1.93. The molecule has 102 valence electrons. The molecule has 0 bridgehead atoms. The molecule has 4 nitrogen and oxygen atoms in total. The minimum absolute atomic E-state index is 0.101. The van der Waals surface area contributed by atoms with Crippen LogP contribution in [0.25, 0.3) is 0 Å². The van der Waals surface area contributed by atoms with Crippen LogP contribution in [0.3, 0.4) is 0 Å². The van der Waals surface area contributed by atoms with Crippen LogP contribution in [0.5, 0.6) is 0 Å². The molecule has 0 spiro atoms. The minimum Gasteiger partial charge on any atom is -0.339 e. The van der Waals surface area contributed by atoms with Crippen molar-refractivity contribution in [2.24, 2.45) is 5.73 Å². The first-order chi connectivity index (χ1) is 9.20. The first-order valence-corrected chi connectivity index (χ1v) is 6.53. The van der Waals surface area contributed by atoms with E-state index in [4.69, 9.17) is 21.9 Å². The summed E-state index contributed by atoms with van der Waals surface area (Å²) in [6, 6.07) is 4.86. The summed E-state index contributed by atoms with van der Waals surface area (Å²) >= 11 is 5.72. The molecule has 0 atom stereocenters. The number of halogens is 2.